The van der Waals surface area contributed by atoms with Gasteiger partial charge in [0.15, 0.2) is 0 Å². The topological polar surface area (TPSA) is 101 Å². The van der Waals surface area contributed by atoms with Gasteiger partial charge in [-0.15, -0.1) is 0 Å². The molecule has 0 fully saturated rings. The molecule has 3 amide bonds. The van der Waals surface area contributed by atoms with E-state index in [1.165, 1.54) is 0 Å². The maximum absolute atomic E-state index is 12.1. The molecule has 0 radical (unpaired) electrons. The molecular weight excluding hydrogens is 220 g/mol. The summed E-state index contributed by atoms with van der Waals surface area (Å²) < 4.78 is 0. The van der Waals surface area contributed by atoms with Gasteiger partial charge < -0.3 is 21.7 Å². The lowest BCUT2D eigenvalue weighted by atomic mass is 10.1. The van der Waals surface area contributed by atoms with Gasteiger partial charge >= 0.3 is 6.03 Å². The summed E-state index contributed by atoms with van der Waals surface area (Å²) in [5.41, 5.74) is 10.6. The lowest BCUT2D eigenvalue weighted by molar-refractivity contribution is -0.133. The van der Waals surface area contributed by atoms with Crippen molar-refractivity contribution < 1.29 is 9.59 Å². The molecule has 17 heavy (non-hydrogen) atoms. The Morgan fingerprint density at radius 3 is 2.41 bits per heavy atom. The highest BCUT2D eigenvalue weighted by Gasteiger charge is 2.24. The quantitative estimate of drug-likeness (QED) is 0.588. The highest BCUT2D eigenvalue weighted by molar-refractivity contribution is 5.86. The minimum atomic E-state index is -0.673. The first-order valence-electron chi connectivity index (χ1n) is 5.96. The van der Waals surface area contributed by atoms with E-state index >= 15 is 0 Å². The van der Waals surface area contributed by atoms with Crippen LogP contribution in [-0.2, 0) is 4.79 Å². The maximum atomic E-state index is 12.1. The van der Waals surface area contributed by atoms with Crippen LogP contribution in [0.3, 0.4) is 0 Å². The van der Waals surface area contributed by atoms with Crippen LogP contribution in [0, 0.1) is 0 Å². The minimum Gasteiger partial charge on any atom is -0.352 e. The summed E-state index contributed by atoms with van der Waals surface area (Å²) in [6.45, 7) is 4.27. The van der Waals surface area contributed by atoms with Crippen LogP contribution in [-0.4, -0.2) is 42.5 Å². The van der Waals surface area contributed by atoms with Crippen molar-refractivity contribution >= 4 is 11.9 Å². The van der Waals surface area contributed by atoms with Crippen LogP contribution in [0.5, 0.6) is 0 Å². The van der Waals surface area contributed by atoms with Gasteiger partial charge in [-0.05, 0) is 13.3 Å². The van der Waals surface area contributed by atoms with Gasteiger partial charge in [-0.1, -0.05) is 19.8 Å². The minimum absolute atomic E-state index is 0.0543. The molecule has 0 aliphatic carbocycles. The summed E-state index contributed by atoms with van der Waals surface area (Å²) in [5, 5.41) is 2.48. The summed E-state index contributed by atoms with van der Waals surface area (Å²) in [7, 11) is 1.68. The molecule has 2 unspecified atom stereocenters. The summed E-state index contributed by atoms with van der Waals surface area (Å²) in [6, 6.07) is -1.28. The number of hydrogen-bond acceptors (Lipinski definition) is 3. The van der Waals surface area contributed by atoms with Crippen LogP contribution >= 0.6 is 0 Å². The van der Waals surface area contributed by atoms with E-state index in [9.17, 15) is 9.59 Å². The third-order valence-corrected chi connectivity index (χ3v) is 2.81. The average molecular weight is 244 g/mol. The van der Waals surface area contributed by atoms with E-state index in [0.717, 1.165) is 12.8 Å². The second-order valence-electron chi connectivity index (χ2n) is 4.24. The van der Waals surface area contributed by atoms with E-state index in [2.05, 4.69) is 5.32 Å². The second-order valence-corrected chi connectivity index (χ2v) is 4.24. The number of carbonyl (C=O) groups excluding carboxylic acids is 2. The van der Waals surface area contributed by atoms with Crippen molar-refractivity contribution in [3.8, 4) is 0 Å². The van der Waals surface area contributed by atoms with Gasteiger partial charge in [0.2, 0.25) is 5.91 Å². The Hall–Kier alpha value is -1.30. The molecule has 5 N–H and O–H groups in total. The molecule has 0 aliphatic rings. The number of likely N-dealkylation sites (N-methyl/N-ethyl adjacent to an activating group) is 1. The SMILES string of the molecule is CCCCC(NC(N)=O)C(=O)N(C)C(C)CN. The number of carbonyl (C=O) groups is 2. The zero-order valence-corrected chi connectivity index (χ0v) is 10.9. The van der Waals surface area contributed by atoms with Gasteiger partial charge in [0.25, 0.3) is 0 Å². The van der Waals surface area contributed by atoms with Crippen LogP contribution in [0.2, 0.25) is 0 Å². The van der Waals surface area contributed by atoms with Gasteiger partial charge in [0, 0.05) is 19.6 Å². The van der Waals surface area contributed by atoms with Gasteiger partial charge in [-0.2, -0.15) is 0 Å². The van der Waals surface area contributed by atoms with Gasteiger partial charge in [0.1, 0.15) is 6.04 Å². The molecule has 0 aromatic rings. The fourth-order valence-corrected chi connectivity index (χ4v) is 1.46. The molecule has 0 bridgehead atoms. The standard InChI is InChI=1S/C11H24N4O2/c1-4-5-6-9(14-11(13)17)10(16)15(3)8(2)7-12/h8-9H,4-7,12H2,1-3H3,(H3,13,14,17). The zero-order chi connectivity index (χ0) is 13.4. The molecule has 6 nitrogen and oxygen atoms in total. The molecule has 0 spiro atoms. The monoisotopic (exact) mass is 244 g/mol. The number of rotatable bonds is 7. The molecule has 2 atom stereocenters. The van der Waals surface area contributed by atoms with Gasteiger partial charge in [0.05, 0.1) is 0 Å². The van der Waals surface area contributed by atoms with Crippen molar-refractivity contribution in [2.75, 3.05) is 13.6 Å². The van der Waals surface area contributed by atoms with Crippen molar-refractivity contribution in [2.45, 2.75) is 45.2 Å². The van der Waals surface area contributed by atoms with E-state index in [-0.39, 0.29) is 11.9 Å². The van der Waals surface area contributed by atoms with E-state index in [0.29, 0.717) is 13.0 Å². The van der Waals surface area contributed by atoms with Crippen molar-refractivity contribution in [3.05, 3.63) is 0 Å². The average Bonchev–Trinajstić information content (AvgIpc) is 2.31. The van der Waals surface area contributed by atoms with Crippen molar-refractivity contribution in [1.29, 1.82) is 0 Å². The molecule has 0 aromatic heterocycles. The largest absolute Gasteiger partial charge is 0.352 e. The Labute approximate surface area is 103 Å². The number of nitrogens with zero attached hydrogens (tertiary/aromatic N) is 1. The lowest BCUT2D eigenvalue weighted by Crippen LogP contribution is -2.52. The Bertz CT molecular complexity index is 258. The predicted octanol–water partition coefficient (Wildman–Crippen LogP) is 0.0191. The molecule has 0 heterocycles. The number of unbranched alkanes of at least 4 members (excludes halogenated alkanes) is 1. The van der Waals surface area contributed by atoms with E-state index in [4.69, 9.17) is 11.5 Å². The number of nitrogens with one attached hydrogen (secondary N) is 1. The summed E-state index contributed by atoms with van der Waals surface area (Å²) >= 11 is 0. The third kappa shape index (κ3) is 5.53. The molecule has 0 aliphatic heterocycles. The van der Waals surface area contributed by atoms with E-state index < -0.39 is 12.1 Å². The van der Waals surface area contributed by atoms with Gasteiger partial charge in [-0.25, -0.2) is 4.79 Å². The Balaban J connectivity index is 4.54. The maximum Gasteiger partial charge on any atom is 0.312 e. The highest BCUT2D eigenvalue weighted by atomic mass is 16.2. The number of urea groups is 1. The first-order valence-corrected chi connectivity index (χ1v) is 5.96. The first-order chi connectivity index (χ1) is 7.93. The lowest BCUT2D eigenvalue weighted by Gasteiger charge is -2.28. The van der Waals surface area contributed by atoms with Crippen LogP contribution in [0.25, 0.3) is 0 Å². The molecule has 6 heteroatoms. The Morgan fingerprint density at radius 2 is 2.00 bits per heavy atom. The fourth-order valence-electron chi connectivity index (χ4n) is 1.46. The molecule has 0 saturated carbocycles. The molecule has 100 valence electrons. The zero-order valence-electron chi connectivity index (χ0n) is 10.9. The molecule has 0 saturated heterocycles. The molecule has 0 rings (SSSR count). The van der Waals surface area contributed by atoms with E-state index in [1.807, 2.05) is 13.8 Å². The molecular formula is C11H24N4O2. The van der Waals surface area contributed by atoms with E-state index in [1.54, 1.807) is 11.9 Å². The number of nitrogens with two attached hydrogens (primary N) is 2. The normalized spacial score (nSPS) is 13.9. The van der Waals surface area contributed by atoms with Crippen molar-refractivity contribution in [1.82, 2.24) is 10.2 Å². The van der Waals surface area contributed by atoms with Crippen LogP contribution in [0.1, 0.15) is 33.1 Å². The molecule has 0 aromatic carbocycles. The van der Waals surface area contributed by atoms with Crippen molar-refractivity contribution in [2.24, 2.45) is 11.5 Å². The fraction of sp³-hybridized carbons (Fsp3) is 0.818. The number of hydrogen-bond donors (Lipinski definition) is 3. The summed E-state index contributed by atoms with van der Waals surface area (Å²) in [5.74, 6) is -0.143. The highest BCUT2D eigenvalue weighted by Crippen LogP contribution is 2.06. The number of amides is 3. The Kier molecular flexibility index (Phi) is 7.29. The smallest absolute Gasteiger partial charge is 0.312 e. The Morgan fingerprint density at radius 1 is 1.41 bits per heavy atom. The van der Waals surface area contributed by atoms with Crippen LogP contribution in [0.4, 0.5) is 4.79 Å². The van der Waals surface area contributed by atoms with Crippen molar-refractivity contribution in [3.63, 3.8) is 0 Å². The van der Waals surface area contributed by atoms with Crippen LogP contribution in [0.15, 0.2) is 0 Å². The van der Waals surface area contributed by atoms with Gasteiger partial charge in [-0.3, -0.25) is 4.79 Å². The third-order valence-electron chi connectivity index (χ3n) is 2.81. The predicted molar refractivity (Wildman–Crippen MR) is 67.3 cm³/mol. The first kappa shape index (κ1) is 15.7. The summed E-state index contributed by atoms with van der Waals surface area (Å²) in [6.07, 6.45) is 2.42. The number of primary amides is 1. The second kappa shape index (κ2) is 7.89. The van der Waals surface area contributed by atoms with Crippen LogP contribution < -0.4 is 16.8 Å². The summed E-state index contributed by atoms with van der Waals surface area (Å²) in [4.78, 5) is 24.5.